The Morgan fingerprint density at radius 2 is 1.69 bits per heavy atom. The molecule has 1 aliphatic rings. The number of hydrogen-bond acceptors (Lipinski definition) is 3. The van der Waals surface area contributed by atoms with Gasteiger partial charge < -0.3 is 15.1 Å². The first-order chi connectivity index (χ1) is 12.3. The Bertz CT molecular complexity index is 752. The van der Waals surface area contributed by atoms with Gasteiger partial charge in [0.2, 0.25) is 0 Å². The summed E-state index contributed by atoms with van der Waals surface area (Å²) in [7, 11) is 0. The van der Waals surface area contributed by atoms with Crippen molar-refractivity contribution in [1.82, 2.24) is 9.88 Å². The fraction of sp³-hybridized carbons (Fsp3) is 0.333. The predicted octanol–water partition coefficient (Wildman–Crippen LogP) is 3.76. The molecular weight excluding hydrogens is 345 g/mol. The summed E-state index contributed by atoms with van der Waals surface area (Å²) < 4.78 is 37.8. The molecule has 2 aromatic rings. The van der Waals surface area contributed by atoms with Gasteiger partial charge in [-0.2, -0.15) is 13.2 Å². The summed E-state index contributed by atoms with van der Waals surface area (Å²) in [5, 5.41) is 2.85. The molecule has 1 N–H and O–H groups in total. The quantitative estimate of drug-likeness (QED) is 0.883. The smallest absolute Gasteiger partial charge is 0.353 e. The van der Waals surface area contributed by atoms with Gasteiger partial charge in [-0.25, -0.2) is 9.78 Å². The van der Waals surface area contributed by atoms with Crippen LogP contribution in [0.3, 0.4) is 0 Å². The molecule has 138 valence electrons. The summed E-state index contributed by atoms with van der Waals surface area (Å²) >= 11 is 0. The first kappa shape index (κ1) is 18.0. The van der Waals surface area contributed by atoms with Crippen LogP contribution in [-0.2, 0) is 6.18 Å². The molecule has 5 nitrogen and oxygen atoms in total. The van der Waals surface area contributed by atoms with E-state index in [1.54, 1.807) is 4.90 Å². The highest BCUT2D eigenvalue weighted by Gasteiger charge is 2.31. The number of nitrogens with one attached hydrogen (secondary N) is 1. The first-order valence-electron chi connectivity index (χ1n) is 8.24. The van der Waals surface area contributed by atoms with Gasteiger partial charge in [0.25, 0.3) is 0 Å². The van der Waals surface area contributed by atoms with E-state index < -0.39 is 11.7 Å². The molecule has 1 aromatic heterocycles. The van der Waals surface area contributed by atoms with Gasteiger partial charge in [0.05, 0.1) is 5.56 Å². The van der Waals surface area contributed by atoms with Crippen LogP contribution in [0.1, 0.15) is 11.1 Å². The Kier molecular flexibility index (Phi) is 5.01. The maximum Gasteiger partial charge on any atom is 0.417 e. The Morgan fingerprint density at radius 3 is 2.23 bits per heavy atom. The minimum atomic E-state index is -4.39. The fourth-order valence-electron chi connectivity index (χ4n) is 2.72. The molecule has 2 amide bonds. The van der Waals surface area contributed by atoms with Crippen molar-refractivity contribution in [3.63, 3.8) is 0 Å². The van der Waals surface area contributed by atoms with Gasteiger partial charge in [0, 0.05) is 38.1 Å². The lowest BCUT2D eigenvalue weighted by Crippen LogP contribution is -2.50. The summed E-state index contributed by atoms with van der Waals surface area (Å²) in [5.74, 6) is 0.483. The van der Waals surface area contributed by atoms with Crippen LogP contribution in [0.15, 0.2) is 42.6 Å². The van der Waals surface area contributed by atoms with E-state index in [9.17, 15) is 18.0 Å². The summed E-state index contributed by atoms with van der Waals surface area (Å²) in [6.07, 6.45) is -3.55. The van der Waals surface area contributed by atoms with Crippen LogP contribution in [0.4, 0.5) is 29.5 Å². The Labute approximate surface area is 149 Å². The number of aryl methyl sites for hydroxylation is 1. The molecular formula is C18H19F3N4O. The van der Waals surface area contributed by atoms with E-state index in [1.165, 1.54) is 6.07 Å². The average molecular weight is 364 g/mol. The lowest BCUT2D eigenvalue weighted by Gasteiger charge is -2.35. The molecule has 0 spiro atoms. The van der Waals surface area contributed by atoms with Crippen LogP contribution in [0, 0.1) is 6.92 Å². The number of anilines is 2. The molecule has 0 saturated carbocycles. The molecule has 1 aromatic carbocycles. The van der Waals surface area contributed by atoms with Crippen LogP contribution in [0.25, 0.3) is 0 Å². The topological polar surface area (TPSA) is 48.5 Å². The van der Waals surface area contributed by atoms with E-state index in [2.05, 4.69) is 10.3 Å². The third-order valence-corrected chi connectivity index (χ3v) is 4.27. The first-order valence-corrected chi connectivity index (χ1v) is 8.24. The van der Waals surface area contributed by atoms with Gasteiger partial charge in [-0.3, -0.25) is 0 Å². The van der Waals surface area contributed by atoms with Gasteiger partial charge in [-0.05, 0) is 31.2 Å². The van der Waals surface area contributed by atoms with Gasteiger partial charge in [0.15, 0.2) is 0 Å². The maximum atomic E-state index is 12.6. The second-order valence-electron chi connectivity index (χ2n) is 6.17. The molecule has 1 aliphatic heterocycles. The number of carbonyl (C=O) groups excluding carboxylic acids is 1. The zero-order valence-corrected chi connectivity index (χ0v) is 14.3. The van der Waals surface area contributed by atoms with Gasteiger partial charge in [-0.15, -0.1) is 0 Å². The molecule has 8 heteroatoms. The number of nitrogens with zero attached hydrogens (tertiary/aromatic N) is 3. The van der Waals surface area contributed by atoms with Crippen molar-refractivity contribution in [2.75, 3.05) is 36.4 Å². The zero-order chi connectivity index (χ0) is 18.7. The molecule has 0 aliphatic carbocycles. The fourth-order valence-corrected chi connectivity index (χ4v) is 2.72. The summed E-state index contributed by atoms with van der Waals surface area (Å²) in [5.41, 5.74) is 1.07. The summed E-state index contributed by atoms with van der Waals surface area (Å²) in [4.78, 5) is 19.8. The van der Waals surface area contributed by atoms with Crippen LogP contribution in [0.2, 0.25) is 0 Å². The second-order valence-corrected chi connectivity index (χ2v) is 6.17. The number of benzene rings is 1. The molecule has 1 saturated heterocycles. The number of urea groups is 1. The van der Waals surface area contributed by atoms with Gasteiger partial charge in [0.1, 0.15) is 5.82 Å². The van der Waals surface area contributed by atoms with E-state index in [0.717, 1.165) is 23.5 Å². The van der Waals surface area contributed by atoms with Crippen molar-refractivity contribution in [2.24, 2.45) is 0 Å². The number of pyridine rings is 1. The van der Waals surface area contributed by atoms with E-state index in [1.807, 2.05) is 36.1 Å². The SMILES string of the molecule is Cc1ccc(NC(=O)N2CCN(c3ccc(C(F)(F)F)cn3)CC2)cc1. The molecule has 3 rings (SSSR count). The monoisotopic (exact) mass is 364 g/mol. The van der Waals surface area contributed by atoms with Crippen molar-refractivity contribution in [2.45, 2.75) is 13.1 Å². The minimum absolute atomic E-state index is 0.186. The van der Waals surface area contributed by atoms with Gasteiger partial charge in [-0.1, -0.05) is 17.7 Å². The highest BCUT2D eigenvalue weighted by molar-refractivity contribution is 5.89. The normalized spacial score (nSPS) is 15.1. The number of carbonyl (C=O) groups is 1. The molecule has 26 heavy (non-hydrogen) atoms. The maximum absolute atomic E-state index is 12.6. The predicted molar refractivity (Wildman–Crippen MR) is 93.2 cm³/mol. The number of amides is 2. The third-order valence-electron chi connectivity index (χ3n) is 4.27. The van der Waals surface area contributed by atoms with E-state index >= 15 is 0 Å². The minimum Gasteiger partial charge on any atom is -0.353 e. The lowest BCUT2D eigenvalue weighted by molar-refractivity contribution is -0.137. The van der Waals surface area contributed by atoms with E-state index in [4.69, 9.17) is 0 Å². The molecule has 0 atom stereocenters. The van der Waals surface area contributed by atoms with Crippen molar-refractivity contribution >= 4 is 17.5 Å². The highest BCUT2D eigenvalue weighted by Crippen LogP contribution is 2.29. The highest BCUT2D eigenvalue weighted by atomic mass is 19.4. The van der Waals surface area contributed by atoms with Crippen molar-refractivity contribution in [3.8, 4) is 0 Å². The average Bonchev–Trinajstić information content (AvgIpc) is 2.63. The standard InChI is InChI=1S/C18H19F3N4O/c1-13-2-5-15(6-3-13)23-17(26)25-10-8-24(9-11-25)16-7-4-14(12-22-16)18(19,20)21/h2-7,12H,8-11H2,1H3,(H,23,26). The number of halogens is 3. The number of piperazine rings is 1. The third kappa shape index (κ3) is 4.25. The van der Waals surface area contributed by atoms with Crippen LogP contribution in [-0.4, -0.2) is 42.1 Å². The van der Waals surface area contributed by atoms with Crippen molar-refractivity contribution in [1.29, 1.82) is 0 Å². The largest absolute Gasteiger partial charge is 0.417 e. The molecule has 0 bridgehead atoms. The van der Waals surface area contributed by atoms with Crippen LogP contribution >= 0.6 is 0 Å². The molecule has 1 fully saturated rings. The summed E-state index contributed by atoms with van der Waals surface area (Å²) in [6.45, 7) is 3.94. The molecule has 0 unspecified atom stereocenters. The zero-order valence-electron chi connectivity index (χ0n) is 14.3. The summed E-state index contributed by atoms with van der Waals surface area (Å²) in [6, 6.07) is 9.73. The van der Waals surface area contributed by atoms with Crippen LogP contribution < -0.4 is 10.2 Å². The molecule has 0 radical (unpaired) electrons. The lowest BCUT2D eigenvalue weighted by atomic mass is 10.2. The van der Waals surface area contributed by atoms with Gasteiger partial charge >= 0.3 is 12.2 Å². The number of alkyl halides is 3. The molecule has 2 heterocycles. The Hall–Kier alpha value is -2.77. The Morgan fingerprint density at radius 1 is 1.04 bits per heavy atom. The number of hydrogen-bond donors (Lipinski definition) is 1. The number of aromatic nitrogens is 1. The van der Waals surface area contributed by atoms with Crippen molar-refractivity contribution in [3.05, 3.63) is 53.7 Å². The van der Waals surface area contributed by atoms with E-state index in [0.29, 0.717) is 32.0 Å². The van der Waals surface area contributed by atoms with E-state index in [-0.39, 0.29) is 6.03 Å². The van der Waals surface area contributed by atoms with Crippen LogP contribution in [0.5, 0.6) is 0 Å². The van der Waals surface area contributed by atoms with Crippen molar-refractivity contribution < 1.29 is 18.0 Å². The number of rotatable bonds is 2. The Balaban J connectivity index is 1.55. The second kappa shape index (κ2) is 7.23.